The van der Waals surface area contributed by atoms with E-state index in [2.05, 4.69) is 11.9 Å². The molecule has 0 aromatic carbocycles. The van der Waals surface area contributed by atoms with E-state index in [4.69, 9.17) is 9.47 Å². The summed E-state index contributed by atoms with van der Waals surface area (Å²) in [5, 5.41) is 3.58. The zero-order chi connectivity index (χ0) is 13.0. The van der Waals surface area contributed by atoms with E-state index in [0.29, 0.717) is 24.9 Å². The molecule has 3 aliphatic carbocycles. The molecule has 1 heterocycles. The van der Waals surface area contributed by atoms with Crippen LogP contribution in [0, 0.1) is 23.7 Å². The van der Waals surface area contributed by atoms with Crippen LogP contribution >= 0.6 is 0 Å². The van der Waals surface area contributed by atoms with Crippen LogP contribution in [0.15, 0.2) is 12.7 Å². The number of nitrogens with one attached hydrogen (secondary N) is 1. The molecule has 19 heavy (non-hydrogen) atoms. The molecule has 4 nitrogen and oxygen atoms in total. The molecule has 7 atom stereocenters. The SMILES string of the molecule is C=CC(=O)OCCNC1CC2CC1C1C2CC2OC21. The summed E-state index contributed by atoms with van der Waals surface area (Å²) in [6.45, 7) is 4.58. The van der Waals surface area contributed by atoms with E-state index in [1.54, 1.807) is 0 Å². The fourth-order valence-electron chi connectivity index (χ4n) is 5.00. The normalized spacial score (nSPS) is 48.7. The predicted octanol–water partition coefficient (Wildman–Crippen LogP) is 1.12. The molecule has 0 aromatic rings. The van der Waals surface area contributed by atoms with Crippen molar-refractivity contribution >= 4 is 5.97 Å². The number of rotatable bonds is 5. The van der Waals surface area contributed by atoms with Gasteiger partial charge in [-0.15, -0.1) is 0 Å². The monoisotopic (exact) mass is 263 g/mol. The topological polar surface area (TPSA) is 50.9 Å². The van der Waals surface area contributed by atoms with E-state index in [0.717, 1.165) is 30.2 Å². The van der Waals surface area contributed by atoms with Crippen LogP contribution in [0.5, 0.6) is 0 Å². The van der Waals surface area contributed by atoms with Crippen LogP contribution in [0.1, 0.15) is 19.3 Å². The van der Waals surface area contributed by atoms with Crippen LogP contribution in [-0.4, -0.2) is 37.4 Å². The Morgan fingerprint density at radius 2 is 2.26 bits per heavy atom. The Kier molecular flexibility index (Phi) is 2.71. The molecule has 0 aromatic heterocycles. The molecule has 4 heteroatoms. The van der Waals surface area contributed by atoms with Crippen molar-refractivity contribution < 1.29 is 14.3 Å². The van der Waals surface area contributed by atoms with Crippen LogP contribution < -0.4 is 5.32 Å². The number of ether oxygens (including phenoxy) is 2. The van der Waals surface area contributed by atoms with E-state index >= 15 is 0 Å². The van der Waals surface area contributed by atoms with Crippen LogP contribution in [0.3, 0.4) is 0 Å². The fourth-order valence-corrected chi connectivity index (χ4v) is 5.00. The molecular formula is C15H21NO3. The first kappa shape index (κ1) is 11.9. The summed E-state index contributed by atoms with van der Waals surface area (Å²) >= 11 is 0. The standard InChI is InChI=1S/C15H21NO3/c1-2-13(17)18-4-3-16-11-6-8-5-10(11)14-9(8)7-12-15(14)19-12/h2,8-12,14-16H,1,3-7H2. The van der Waals surface area contributed by atoms with Gasteiger partial charge in [-0.05, 0) is 42.9 Å². The summed E-state index contributed by atoms with van der Waals surface area (Å²) in [7, 11) is 0. The average Bonchev–Trinajstić information content (AvgIpc) is 2.79. The van der Waals surface area contributed by atoms with Gasteiger partial charge in [0.25, 0.3) is 0 Å². The lowest BCUT2D eigenvalue weighted by atomic mass is 9.78. The minimum absolute atomic E-state index is 0.333. The molecule has 1 N–H and O–H groups in total. The molecule has 4 fully saturated rings. The number of hydrogen-bond donors (Lipinski definition) is 1. The van der Waals surface area contributed by atoms with Gasteiger partial charge < -0.3 is 14.8 Å². The molecular weight excluding hydrogens is 242 g/mol. The van der Waals surface area contributed by atoms with Crippen molar-refractivity contribution in [1.82, 2.24) is 5.32 Å². The van der Waals surface area contributed by atoms with E-state index < -0.39 is 0 Å². The molecule has 3 saturated carbocycles. The molecule has 1 aliphatic heterocycles. The first-order valence-corrected chi connectivity index (χ1v) is 7.46. The number of carbonyl (C=O) groups excluding carboxylic acids is 1. The number of hydrogen-bond acceptors (Lipinski definition) is 4. The summed E-state index contributed by atoms with van der Waals surface area (Å²) in [6, 6.07) is 0.608. The van der Waals surface area contributed by atoms with Crippen LogP contribution in [0.2, 0.25) is 0 Å². The first-order valence-electron chi connectivity index (χ1n) is 7.46. The molecule has 2 bridgehead atoms. The maximum atomic E-state index is 10.9. The van der Waals surface area contributed by atoms with Gasteiger partial charge in [0.2, 0.25) is 0 Å². The fraction of sp³-hybridized carbons (Fsp3) is 0.800. The predicted molar refractivity (Wildman–Crippen MR) is 69.4 cm³/mol. The van der Waals surface area contributed by atoms with Gasteiger partial charge in [-0.1, -0.05) is 6.58 Å². The Balaban J connectivity index is 1.28. The zero-order valence-corrected chi connectivity index (χ0v) is 11.1. The third kappa shape index (κ3) is 1.84. The molecule has 0 radical (unpaired) electrons. The Morgan fingerprint density at radius 3 is 3.11 bits per heavy atom. The third-order valence-corrected chi connectivity index (χ3v) is 5.67. The van der Waals surface area contributed by atoms with Crippen molar-refractivity contribution in [2.75, 3.05) is 13.2 Å². The second-order valence-corrected chi connectivity index (χ2v) is 6.44. The molecule has 1 saturated heterocycles. The van der Waals surface area contributed by atoms with Crippen molar-refractivity contribution in [3.63, 3.8) is 0 Å². The van der Waals surface area contributed by atoms with Crippen LogP contribution in [0.4, 0.5) is 0 Å². The number of fused-ring (bicyclic) bond motifs is 7. The Hall–Kier alpha value is -0.870. The van der Waals surface area contributed by atoms with Crippen molar-refractivity contribution in [3.05, 3.63) is 12.7 Å². The summed E-state index contributed by atoms with van der Waals surface area (Å²) < 4.78 is 10.7. The van der Waals surface area contributed by atoms with Crippen molar-refractivity contribution in [2.45, 2.75) is 37.5 Å². The van der Waals surface area contributed by atoms with E-state index in [1.165, 1.54) is 25.3 Å². The smallest absolute Gasteiger partial charge is 0.330 e. The Labute approximate surface area is 113 Å². The summed E-state index contributed by atoms with van der Waals surface area (Å²) in [5.41, 5.74) is 0. The van der Waals surface area contributed by atoms with E-state index in [-0.39, 0.29) is 5.97 Å². The van der Waals surface area contributed by atoms with Crippen LogP contribution in [0.25, 0.3) is 0 Å². The highest BCUT2D eigenvalue weighted by Gasteiger charge is 2.66. The lowest BCUT2D eigenvalue weighted by Crippen LogP contribution is -2.42. The number of epoxide rings is 1. The second kappa shape index (κ2) is 4.32. The summed E-state index contributed by atoms with van der Waals surface area (Å²) in [6.07, 6.45) is 6.41. The van der Waals surface area contributed by atoms with Gasteiger partial charge in [0.05, 0.1) is 12.2 Å². The minimum Gasteiger partial charge on any atom is -0.461 e. The maximum Gasteiger partial charge on any atom is 0.330 e. The van der Waals surface area contributed by atoms with Crippen molar-refractivity contribution in [3.8, 4) is 0 Å². The lowest BCUT2D eigenvalue weighted by Gasteiger charge is -2.33. The molecule has 4 aliphatic rings. The Morgan fingerprint density at radius 1 is 1.37 bits per heavy atom. The summed E-state index contributed by atoms with van der Waals surface area (Å²) in [4.78, 5) is 10.9. The zero-order valence-electron chi connectivity index (χ0n) is 11.1. The first-order chi connectivity index (χ1) is 9.28. The van der Waals surface area contributed by atoms with Gasteiger partial charge in [0.1, 0.15) is 6.61 Å². The van der Waals surface area contributed by atoms with Gasteiger partial charge >= 0.3 is 5.97 Å². The van der Waals surface area contributed by atoms with Gasteiger partial charge in [0.15, 0.2) is 0 Å². The van der Waals surface area contributed by atoms with Gasteiger partial charge in [0, 0.05) is 18.7 Å². The summed E-state index contributed by atoms with van der Waals surface area (Å²) in [5.74, 6) is 3.14. The molecule has 7 unspecified atom stereocenters. The van der Waals surface area contributed by atoms with Gasteiger partial charge in [-0.2, -0.15) is 0 Å². The average molecular weight is 263 g/mol. The largest absolute Gasteiger partial charge is 0.461 e. The second-order valence-electron chi connectivity index (χ2n) is 6.44. The van der Waals surface area contributed by atoms with E-state index in [1.807, 2.05) is 0 Å². The minimum atomic E-state index is -0.333. The molecule has 104 valence electrons. The highest BCUT2D eigenvalue weighted by molar-refractivity contribution is 5.81. The quantitative estimate of drug-likeness (QED) is 0.349. The molecule has 0 amide bonds. The molecule has 4 rings (SSSR count). The van der Waals surface area contributed by atoms with E-state index in [9.17, 15) is 4.79 Å². The lowest BCUT2D eigenvalue weighted by molar-refractivity contribution is -0.137. The van der Waals surface area contributed by atoms with Crippen molar-refractivity contribution in [2.24, 2.45) is 23.7 Å². The Bertz CT molecular complexity index is 410. The van der Waals surface area contributed by atoms with Crippen LogP contribution in [-0.2, 0) is 14.3 Å². The van der Waals surface area contributed by atoms with Crippen molar-refractivity contribution in [1.29, 1.82) is 0 Å². The maximum absolute atomic E-state index is 10.9. The van der Waals surface area contributed by atoms with Gasteiger partial charge in [-0.3, -0.25) is 0 Å². The highest BCUT2D eigenvalue weighted by Crippen LogP contribution is 2.64. The van der Waals surface area contributed by atoms with Gasteiger partial charge in [-0.25, -0.2) is 4.79 Å². The molecule has 0 spiro atoms. The number of carbonyl (C=O) groups is 1. The number of esters is 1. The third-order valence-electron chi connectivity index (χ3n) is 5.67. The highest BCUT2D eigenvalue weighted by atomic mass is 16.6.